The standard InChI is InChI=1S/C15H13Cl/c1-10-7-8-12-11-5-3-4-6-13(11)15(2,16)14(12)9-10/h3-9H,1-2H3. The summed E-state index contributed by atoms with van der Waals surface area (Å²) in [6.07, 6.45) is 0. The van der Waals surface area contributed by atoms with E-state index in [0.29, 0.717) is 0 Å². The first kappa shape index (κ1) is 9.92. The molecule has 0 spiro atoms. The van der Waals surface area contributed by atoms with E-state index in [1.807, 2.05) is 0 Å². The topological polar surface area (TPSA) is 0 Å². The molecule has 80 valence electrons. The van der Waals surface area contributed by atoms with Gasteiger partial charge in [-0.1, -0.05) is 48.0 Å². The van der Waals surface area contributed by atoms with Gasteiger partial charge in [-0.05, 0) is 36.1 Å². The van der Waals surface area contributed by atoms with Crippen LogP contribution in [0, 0.1) is 6.92 Å². The highest BCUT2D eigenvalue weighted by atomic mass is 35.5. The first-order chi connectivity index (χ1) is 7.60. The third-order valence-corrected chi connectivity index (χ3v) is 3.81. The molecule has 1 unspecified atom stereocenters. The first-order valence-corrected chi connectivity index (χ1v) is 5.88. The summed E-state index contributed by atoms with van der Waals surface area (Å²) >= 11 is 6.70. The molecule has 0 fully saturated rings. The summed E-state index contributed by atoms with van der Waals surface area (Å²) in [5, 5.41) is 0. The molecule has 0 aliphatic heterocycles. The van der Waals surface area contributed by atoms with Gasteiger partial charge in [0, 0.05) is 0 Å². The zero-order chi connectivity index (χ0) is 11.3. The van der Waals surface area contributed by atoms with Crippen LogP contribution < -0.4 is 0 Å². The Labute approximate surface area is 101 Å². The van der Waals surface area contributed by atoms with Crippen molar-refractivity contribution in [3.8, 4) is 11.1 Å². The van der Waals surface area contributed by atoms with E-state index in [-0.39, 0.29) is 4.87 Å². The number of aryl methyl sites for hydroxylation is 1. The third-order valence-electron chi connectivity index (χ3n) is 3.40. The second-order valence-electron chi connectivity index (χ2n) is 4.60. The zero-order valence-corrected chi connectivity index (χ0v) is 10.2. The van der Waals surface area contributed by atoms with Crippen LogP contribution in [-0.4, -0.2) is 0 Å². The molecular weight excluding hydrogens is 216 g/mol. The fourth-order valence-corrected chi connectivity index (χ4v) is 2.88. The van der Waals surface area contributed by atoms with Gasteiger partial charge in [-0.2, -0.15) is 0 Å². The highest BCUT2D eigenvalue weighted by Crippen LogP contribution is 2.51. The second-order valence-corrected chi connectivity index (χ2v) is 5.35. The van der Waals surface area contributed by atoms with Crippen molar-refractivity contribution in [2.45, 2.75) is 18.7 Å². The number of fused-ring (bicyclic) bond motifs is 3. The lowest BCUT2D eigenvalue weighted by Crippen LogP contribution is -2.11. The van der Waals surface area contributed by atoms with E-state index in [0.717, 1.165) is 0 Å². The van der Waals surface area contributed by atoms with E-state index in [1.54, 1.807) is 0 Å². The van der Waals surface area contributed by atoms with E-state index in [1.165, 1.54) is 27.8 Å². The van der Waals surface area contributed by atoms with Crippen molar-refractivity contribution < 1.29 is 0 Å². The molecule has 0 amide bonds. The zero-order valence-electron chi connectivity index (χ0n) is 9.42. The Morgan fingerprint density at radius 1 is 0.938 bits per heavy atom. The summed E-state index contributed by atoms with van der Waals surface area (Å²) in [4.78, 5) is -0.377. The van der Waals surface area contributed by atoms with E-state index in [9.17, 15) is 0 Å². The smallest absolute Gasteiger partial charge is 0.0928 e. The van der Waals surface area contributed by atoms with E-state index in [2.05, 4.69) is 56.3 Å². The molecule has 0 N–H and O–H groups in total. The maximum absolute atomic E-state index is 6.70. The highest BCUT2D eigenvalue weighted by molar-refractivity contribution is 6.28. The summed E-state index contributed by atoms with van der Waals surface area (Å²) in [6.45, 7) is 4.19. The van der Waals surface area contributed by atoms with Crippen LogP contribution in [0.5, 0.6) is 0 Å². The lowest BCUT2D eigenvalue weighted by molar-refractivity contribution is 0.850. The molecule has 0 bridgehead atoms. The number of alkyl halides is 1. The minimum absolute atomic E-state index is 0.377. The molecule has 16 heavy (non-hydrogen) atoms. The largest absolute Gasteiger partial charge is 0.109 e. The monoisotopic (exact) mass is 228 g/mol. The van der Waals surface area contributed by atoms with Crippen LogP contribution in [0.1, 0.15) is 23.6 Å². The predicted octanol–water partition coefficient (Wildman–Crippen LogP) is 4.48. The van der Waals surface area contributed by atoms with Crippen LogP contribution >= 0.6 is 11.6 Å². The van der Waals surface area contributed by atoms with Gasteiger partial charge in [-0.3, -0.25) is 0 Å². The summed E-state index contributed by atoms with van der Waals surface area (Å²) in [5.74, 6) is 0. The minimum atomic E-state index is -0.377. The van der Waals surface area contributed by atoms with Crippen molar-refractivity contribution in [1.82, 2.24) is 0 Å². The van der Waals surface area contributed by atoms with Crippen LogP contribution in [-0.2, 0) is 4.87 Å². The molecule has 0 radical (unpaired) electrons. The van der Waals surface area contributed by atoms with Crippen molar-refractivity contribution in [3.05, 3.63) is 59.2 Å². The first-order valence-electron chi connectivity index (χ1n) is 5.50. The normalized spacial score (nSPS) is 21.7. The second kappa shape index (κ2) is 3.11. The molecule has 1 aliphatic carbocycles. The van der Waals surface area contributed by atoms with Gasteiger partial charge in [0.2, 0.25) is 0 Å². The van der Waals surface area contributed by atoms with Crippen LogP contribution in [0.3, 0.4) is 0 Å². The van der Waals surface area contributed by atoms with Crippen LogP contribution in [0.2, 0.25) is 0 Å². The van der Waals surface area contributed by atoms with E-state index in [4.69, 9.17) is 11.6 Å². The lowest BCUT2D eigenvalue weighted by Gasteiger charge is -2.18. The van der Waals surface area contributed by atoms with Gasteiger partial charge < -0.3 is 0 Å². The summed E-state index contributed by atoms with van der Waals surface area (Å²) < 4.78 is 0. The van der Waals surface area contributed by atoms with E-state index < -0.39 is 0 Å². The van der Waals surface area contributed by atoms with Gasteiger partial charge in [-0.15, -0.1) is 11.6 Å². The summed E-state index contributed by atoms with van der Waals surface area (Å²) in [6, 6.07) is 14.9. The van der Waals surface area contributed by atoms with Gasteiger partial charge >= 0.3 is 0 Å². The fourth-order valence-electron chi connectivity index (χ4n) is 2.55. The Hall–Kier alpha value is -1.27. The molecule has 1 aliphatic rings. The molecular formula is C15H13Cl. The highest BCUT2D eigenvalue weighted by Gasteiger charge is 2.37. The molecule has 0 saturated heterocycles. The average Bonchev–Trinajstić information content (AvgIpc) is 2.49. The predicted molar refractivity (Wildman–Crippen MR) is 68.9 cm³/mol. The van der Waals surface area contributed by atoms with Crippen LogP contribution in [0.25, 0.3) is 11.1 Å². The Morgan fingerprint density at radius 3 is 2.44 bits per heavy atom. The number of rotatable bonds is 0. The molecule has 0 aromatic heterocycles. The average molecular weight is 229 g/mol. The third kappa shape index (κ3) is 1.17. The van der Waals surface area contributed by atoms with Gasteiger partial charge in [0.15, 0.2) is 0 Å². The molecule has 1 atom stereocenters. The summed E-state index contributed by atoms with van der Waals surface area (Å²) in [7, 11) is 0. The Balaban J connectivity index is 2.39. The lowest BCUT2D eigenvalue weighted by atomic mass is 9.97. The maximum Gasteiger partial charge on any atom is 0.0928 e. The van der Waals surface area contributed by atoms with E-state index >= 15 is 0 Å². The molecule has 1 heteroatoms. The number of hydrogen-bond acceptors (Lipinski definition) is 0. The van der Waals surface area contributed by atoms with Crippen molar-refractivity contribution in [3.63, 3.8) is 0 Å². The minimum Gasteiger partial charge on any atom is -0.109 e. The van der Waals surface area contributed by atoms with Gasteiger partial charge in [0.05, 0.1) is 4.87 Å². The Kier molecular flexibility index (Phi) is 1.93. The van der Waals surface area contributed by atoms with Gasteiger partial charge in [0.1, 0.15) is 0 Å². The number of halogens is 1. The van der Waals surface area contributed by atoms with Gasteiger partial charge in [0.25, 0.3) is 0 Å². The van der Waals surface area contributed by atoms with Crippen molar-refractivity contribution in [2.75, 3.05) is 0 Å². The number of hydrogen-bond donors (Lipinski definition) is 0. The fraction of sp³-hybridized carbons (Fsp3) is 0.200. The molecule has 3 rings (SSSR count). The summed E-state index contributed by atoms with van der Waals surface area (Å²) in [5.41, 5.74) is 6.26. The Morgan fingerprint density at radius 2 is 1.62 bits per heavy atom. The SMILES string of the molecule is Cc1ccc2c(c1)C(C)(Cl)c1ccccc1-2. The molecule has 2 aromatic carbocycles. The van der Waals surface area contributed by atoms with Crippen molar-refractivity contribution in [1.29, 1.82) is 0 Å². The van der Waals surface area contributed by atoms with Crippen LogP contribution in [0.4, 0.5) is 0 Å². The molecule has 2 aromatic rings. The van der Waals surface area contributed by atoms with Crippen molar-refractivity contribution >= 4 is 11.6 Å². The van der Waals surface area contributed by atoms with Crippen molar-refractivity contribution in [2.24, 2.45) is 0 Å². The quantitative estimate of drug-likeness (QED) is 0.584. The van der Waals surface area contributed by atoms with Crippen LogP contribution in [0.15, 0.2) is 42.5 Å². The molecule has 0 heterocycles. The molecule has 0 saturated carbocycles. The number of benzene rings is 2. The van der Waals surface area contributed by atoms with Gasteiger partial charge in [-0.25, -0.2) is 0 Å². The Bertz CT molecular complexity index is 567. The molecule has 0 nitrogen and oxygen atoms in total. The maximum atomic E-state index is 6.70.